The van der Waals surface area contributed by atoms with Gasteiger partial charge in [0.15, 0.2) is 6.29 Å². The van der Waals surface area contributed by atoms with E-state index in [-0.39, 0.29) is 17.2 Å². The Balaban J connectivity index is 2.23. The van der Waals surface area contributed by atoms with E-state index in [1.165, 1.54) is 17.4 Å². The number of aromatic hydroxyl groups is 1. The average molecular weight is 292 g/mol. The highest BCUT2D eigenvalue weighted by Gasteiger charge is 2.14. The zero-order valence-corrected chi connectivity index (χ0v) is 12.2. The number of rotatable bonds is 5. The second-order valence-electron chi connectivity index (χ2n) is 4.70. The van der Waals surface area contributed by atoms with Crippen LogP contribution in [0.1, 0.15) is 20.0 Å². The van der Waals surface area contributed by atoms with E-state index in [0.717, 1.165) is 11.2 Å². The maximum atomic E-state index is 12.0. The highest BCUT2D eigenvalue weighted by Crippen LogP contribution is 2.32. The number of nitrogens with zero attached hydrogens (tertiary/aromatic N) is 1. The minimum Gasteiger partial charge on any atom is -0.507 e. The number of aldehydes is 1. The predicted molar refractivity (Wildman–Crippen MR) is 79.8 cm³/mol. The fraction of sp³-hybridized carbons (Fsp3) is 0.286. The molecule has 0 atom stereocenters. The highest BCUT2D eigenvalue weighted by atomic mass is 32.1. The van der Waals surface area contributed by atoms with Gasteiger partial charge < -0.3 is 15.3 Å². The van der Waals surface area contributed by atoms with Gasteiger partial charge in [-0.25, -0.2) is 0 Å². The minimum atomic E-state index is -0.163. The molecule has 5 nitrogen and oxygen atoms in total. The summed E-state index contributed by atoms with van der Waals surface area (Å²) in [5, 5.41) is 13.1. The predicted octanol–water partition coefficient (Wildman–Crippen LogP) is 1.71. The molecule has 0 unspecified atom stereocenters. The summed E-state index contributed by atoms with van der Waals surface area (Å²) < 4.78 is 0.808. The quantitative estimate of drug-likeness (QED) is 0.823. The minimum absolute atomic E-state index is 0.0649. The number of carbonyl (C=O) groups is 2. The van der Waals surface area contributed by atoms with E-state index in [4.69, 9.17) is 0 Å². The highest BCUT2D eigenvalue weighted by molar-refractivity contribution is 7.20. The summed E-state index contributed by atoms with van der Waals surface area (Å²) in [6.45, 7) is 1.32. The van der Waals surface area contributed by atoms with Crippen LogP contribution < -0.4 is 5.32 Å². The van der Waals surface area contributed by atoms with Crippen molar-refractivity contribution in [1.82, 2.24) is 10.2 Å². The van der Waals surface area contributed by atoms with E-state index in [0.29, 0.717) is 23.1 Å². The van der Waals surface area contributed by atoms with E-state index in [9.17, 15) is 14.7 Å². The molecule has 0 saturated carbocycles. The van der Waals surface area contributed by atoms with Crippen molar-refractivity contribution in [2.24, 2.45) is 0 Å². The number of benzene rings is 1. The molecule has 0 aliphatic carbocycles. The molecule has 0 spiro atoms. The number of likely N-dealkylation sites (N-methyl/N-ethyl adjacent to an activating group) is 1. The van der Waals surface area contributed by atoms with E-state index in [1.54, 1.807) is 12.1 Å². The lowest BCUT2D eigenvalue weighted by Crippen LogP contribution is -2.30. The number of amides is 1. The molecule has 0 saturated heterocycles. The molecule has 1 amide bonds. The number of thiophene rings is 1. The first-order valence-electron chi connectivity index (χ1n) is 6.16. The smallest absolute Gasteiger partial charge is 0.261 e. The summed E-state index contributed by atoms with van der Waals surface area (Å²) >= 11 is 1.31. The lowest BCUT2D eigenvalue weighted by atomic mass is 10.1. The molecule has 2 aromatic rings. The van der Waals surface area contributed by atoms with Crippen LogP contribution in [-0.2, 0) is 0 Å². The van der Waals surface area contributed by atoms with Crippen LogP contribution in [0.3, 0.4) is 0 Å². The van der Waals surface area contributed by atoms with Gasteiger partial charge in [0, 0.05) is 23.2 Å². The maximum absolute atomic E-state index is 12.0. The van der Waals surface area contributed by atoms with Crippen LogP contribution in [0.15, 0.2) is 18.2 Å². The van der Waals surface area contributed by atoms with Crippen LogP contribution in [0.5, 0.6) is 5.75 Å². The van der Waals surface area contributed by atoms with Gasteiger partial charge in [-0.05, 0) is 32.3 Å². The van der Waals surface area contributed by atoms with E-state index in [2.05, 4.69) is 5.32 Å². The molecule has 2 N–H and O–H groups in total. The molecule has 1 heterocycles. The second-order valence-corrected chi connectivity index (χ2v) is 5.78. The van der Waals surface area contributed by atoms with Crippen LogP contribution in [0, 0.1) is 0 Å². The Morgan fingerprint density at radius 1 is 1.45 bits per heavy atom. The van der Waals surface area contributed by atoms with Crippen LogP contribution in [0.4, 0.5) is 0 Å². The zero-order valence-electron chi connectivity index (χ0n) is 11.3. The maximum Gasteiger partial charge on any atom is 0.261 e. The Kier molecular flexibility index (Phi) is 4.36. The average Bonchev–Trinajstić information content (AvgIpc) is 2.82. The molecule has 0 fully saturated rings. The van der Waals surface area contributed by atoms with Gasteiger partial charge in [-0.3, -0.25) is 9.59 Å². The Morgan fingerprint density at radius 3 is 2.85 bits per heavy atom. The molecule has 2 rings (SSSR count). The third-order valence-corrected chi connectivity index (χ3v) is 4.00. The standard InChI is InChI=1S/C14H16N2O3S/c1-16(2)6-5-15-14(19)13-7-9-10(8-17)11(18)3-4-12(9)20-13/h3-4,7-8,18H,5-6H2,1-2H3,(H,15,19). The molecular formula is C14H16N2O3S. The van der Waals surface area contributed by atoms with Gasteiger partial charge in [-0.1, -0.05) is 0 Å². The summed E-state index contributed by atoms with van der Waals surface area (Å²) in [6, 6.07) is 4.82. The van der Waals surface area contributed by atoms with Crippen molar-refractivity contribution >= 4 is 33.6 Å². The summed E-state index contributed by atoms with van der Waals surface area (Å²) in [5.41, 5.74) is 0.228. The molecule has 106 valence electrons. The van der Waals surface area contributed by atoms with Crippen molar-refractivity contribution in [3.8, 4) is 5.75 Å². The first-order valence-corrected chi connectivity index (χ1v) is 6.98. The Morgan fingerprint density at radius 2 is 2.20 bits per heavy atom. The molecule has 6 heteroatoms. The molecule has 1 aromatic heterocycles. The van der Waals surface area contributed by atoms with Crippen molar-refractivity contribution < 1.29 is 14.7 Å². The summed E-state index contributed by atoms with van der Waals surface area (Å²) in [7, 11) is 3.87. The third-order valence-electron chi connectivity index (χ3n) is 2.91. The van der Waals surface area contributed by atoms with E-state index >= 15 is 0 Å². The molecular weight excluding hydrogens is 276 g/mol. The van der Waals surface area contributed by atoms with Crippen molar-refractivity contribution in [3.05, 3.63) is 28.6 Å². The number of phenols is 1. The lowest BCUT2D eigenvalue weighted by molar-refractivity contribution is 0.0954. The van der Waals surface area contributed by atoms with Gasteiger partial charge >= 0.3 is 0 Å². The number of phenolic OH excluding ortho intramolecular Hbond substituents is 1. The molecule has 1 aromatic carbocycles. The number of fused-ring (bicyclic) bond motifs is 1. The first-order chi connectivity index (χ1) is 9.52. The van der Waals surface area contributed by atoms with E-state index < -0.39 is 0 Å². The van der Waals surface area contributed by atoms with Crippen LogP contribution in [0.2, 0.25) is 0 Å². The Labute approximate surface area is 120 Å². The lowest BCUT2D eigenvalue weighted by Gasteiger charge is -2.09. The fourth-order valence-corrected chi connectivity index (χ4v) is 2.83. The Bertz CT molecular complexity index is 649. The second kappa shape index (κ2) is 6.02. The van der Waals surface area contributed by atoms with Crippen LogP contribution >= 0.6 is 11.3 Å². The zero-order chi connectivity index (χ0) is 14.7. The van der Waals surface area contributed by atoms with Crippen LogP contribution in [0.25, 0.3) is 10.1 Å². The van der Waals surface area contributed by atoms with Crippen molar-refractivity contribution in [2.75, 3.05) is 27.2 Å². The molecule has 0 aliphatic heterocycles. The summed E-state index contributed by atoms with van der Waals surface area (Å²) in [4.78, 5) is 25.5. The monoisotopic (exact) mass is 292 g/mol. The van der Waals surface area contributed by atoms with Gasteiger partial charge in [0.05, 0.1) is 10.4 Å². The van der Waals surface area contributed by atoms with Gasteiger partial charge in [-0.2, -0.15) is 0 Å². The molecule has 0 bridgehead atoms. The van der Waals surface area contributed by atoms with Gasteiger partial charge in [-0.15, -0.1) is 11.3 Å². The topological polar surface area (TPSA) is 69.6 Å². The number of hydrogen-bond acceptors (Lipinski definition) is 5. The molecule has 0 aliphatic rings. The van der Waals surface area contributed by atoms with Gasteiger partial charge in [0.2, 0.25) is 0 Å². The van der Waals surface area contributed by atoms with Crippen molar-refractivity contribution in [1.29, 1.82) is 0 Å². The normalized spacial score (nSPS) is 10.9. The largest absolute Gasteiger partial charge is 0.507 e. The summed E-state index contributed by atoms with van der Waals surface area (Å²) in [6.07, 6.45) is 0.609. The number of hydrogen-bond donors (Lipinski definition) is 2. The van der Waals surface area contributed by atoms with Crippen LogP contribution in [-0.4, -0.2) is 49.4 Å². The van der Waals surface area contributed by atoms with Gasteiger partial charge in [0.25, 0.3) is 5.91 Å². The van der Waals surface area contributed by atoms with Crippen molar-refractivity contribution in [2.45, 2.75) is 0 Å². The van der Waals surface area contributed by atoms with Crippen molar-refractivity contribution in [3.63, 3.8) is 0 Å². The molecule has 20 heavy (non-hydrogen) atoms. The fourth-order valence-electron chi connectivity index (χ4n) is 1.84. The number of nitrogens with one attached hydrogen (secondary N) is 1. The Hall–Kier alpha value is -1.92. The van der Waals surface area contributed by atoms with E-state index in [1.807, 2.05) is 19.0 Å². The number of carbonyl (C=O) groups excluding carboxylic acids is 2. The first kappa shape index (κ1) is 14.5. The van der Waals surface area contributed by atoms with Gasteiger partial charge in [0.1, 0.15) is 5.75 Å². The third kappa shape index (κ3) is 2.97. The summed E-state index contributed by atoms with van der Waals surface area (Å²) in [5.74, 6) is -0.228. The SMILES string of the molecule is CN(C)CCNC(=O)c1cc2c(C=O)c(O)ccc2s1. The molecule has 0 radical (unpaired) electrons.